The second-order valence-electron chi connectivity index (χ2n) is 8.58. The van der Waals surface area contributed by atoms with E-state index in [1.165, 1.54) is 11.1 Å². The molecule has 3 heterocycles. The monoisotopic (exact) mass is 387 g/mol. The van der Waals surface area contributed by atoms with E-state index in [1.54, 1.807) is 14.2 Å². The third kappa shape index (κ3) is 3.21. The Morgan fingerprint density at radius 1 is 1.04 bits per heavy atom. The van der Waals surface area contributed by atoms with Crippen molar-refractivity contribution in [3.63, 3.8) is 0 Å². The number of fused-ring (bicyclic) bond motifs is 2. The molecule has 0 N–H and O–H groups in total. The molecule has 28 heavy (non-hydrogen) atoms. The van der Waals surface area contributed by atoms with Crippen LogP contribution in [0.3, 0.4) is 0 Å². The molecule has 152 valence electrons. The first-order chi connectivity index (χ1) is 13.4. The van der Waals surface area contributed by atoms with E-state index in [-0.39, 0.29) is 11.0 Å². The highest BCUT2D eigenvalue weighted by molar-refractivity contribution is 5.50. The van der Waals surface area contributed by atoms with Gasteiger partial charge in [0.25, 0.3) is 0 Å². The smallest absolute Gasteiger partial charge is 0.318 e. The van der Waals surface area contributed by atoms with Crippen LogP contribution in [-0.4, -0.2) is 44.1 Å². The van der Waals surface area contributed by atoms with E-state index in [0.29, 0.717) is 11.9 Å². The number of ether oxygens (including phenoxy) is 3. The molecule has 1 aromatic carbocycles. The zero-order valence-electron chi connectivity index (χ0n) is 17.4. The molecule has 0 saturated carbocycles. The van der Waals surface area contributed by atoms with Crippen molar-refractivity contribution < 1.29 is 18.6 Å². The normalized spacial score (nSPS) is 18.8. The molecule has 2 aliphatic rings. The number of piperidine rings is 1. The molecule has 1 saturated heterocycles. The van der Waals surface area contributed by atoms with Crippen molar-refractivity contribution in [2.24, 2.45) is 0 Å². The van der Waals surface area contributed by atoms with Crippen molar-refractivity contribution in [1.82, 2.24) is 10.2 Å². The molecule has 2 aromatic rings. The van der Waals surface area contributed by atoms with Gasteiger partial charge in [-0.05, 0) is 42.5 Å². The first-order valence-corrected chi connectivity index (χ1v) is 9.84. The average Bonchev–Trinajstić information content (AvgIpc) is 3.18. The van der Waals surface area contributed by atoms with Gasteiger partial charge in [0.05, 0.1) is 26.4 Å². The first-order valence-electron chi connectivity index (χ1n) is 9.84. The number of nitrogens with zero attached hydrogens (tertiary/aromatic N) is 3. The second kappa shape index (κ2) is 6.95. The summed E-state index contributed by atoms with van der Waals surface area (Å²) in [5, 5.41) is 8.49. The largest absolute Gasteiger partial charge is 0.493 e. The predicted molar refractivity (Wildman–Crippen MR) is 105 cm³/mol. The molecule has 0 aliphatic carbocycles. The Kier molecular flexibility index (Phi) is 4.73. The Morgan fingerprint density at radius 2 is 1.71 bits per heavy atom. The Morgan fingerprint density at radius 3 is 2.32 bits per heavy atom. The number of methoxy groups -OCH3 is 2. The van der Waals surface area contributed by atoms with Crippen LogP contribution in [-0.2, 0) is 22.2 Å². The minimum absolute atomic E-state index is 0.150. The van der Waals surface area contributed by atoms with Crippen LogP contribution in [0, 0.1) is 0 Å². The van der Waals surface area contributed by atoms with E-state index >= 15 is 0 Å². The lowest BCUT2D eigenvalue weighted by atomic mass is 9.79. The topological polar surface area (TPSA) is 69.9 Å². The van der Waals surface area contributed by atoms with Gasteiger partial charge >= 0.3 is 6.01 Å². The number of hydrogen-bond donors (Lipinski definition) is 0. The van der Waals surface area contributed by atoms with Crippen LogP contribution in [0.15, 0.2) is 16.5 Å². The van der Waals surface area contributed by atoms with E-state index in [0.717, 1.165) is 50.5 Å². The Bertz CT molecular complexity index is 848. The van der Waals surface area contributed by atoms with Crippen molar-refractivity contribution in [3.05, 3.63) is 29.2 Å². The number of aromatic nitrogens is 2. The van der Waals surface area contributed by atoms with Crippen LogP contribution < -0.4 is 14.4 Å². The van der Waals surface area contributed by atoms with Crippen LogP contribution >= 0.6 is 0 Å². The fourth-order valence-electron chi connectivity index (χ4n) is 4.11. The van der Waals surface area contributed by atoms with Crippen molar-refractivity contribution >= 4 is 6.01 Å². The third-order valence-electron chi connectivity index (χ3n) is 5.75. The van der Waals surface area contributed by atoms with Gasteiger partial charge in [-0.25, -0.2) is 0 Å². The molecule has 7 heteroatoms. The lowest BCUT2D eigenvalue weighted by Gasteiger charge is -2.44. The molecular formula is C21H29N3O4. The van der Waals surface area contributed by atoms with Gasteiger partial charge in [0.2, 0.25) is 5.89 Å². The van der Waals surface area contributed by atoms with E-state index in [1.807, 2.05) is 0 Å². The molecule has 7 nitrogen and oxygen atoms in total. The Hall–Kier alpha value is -2.28. The first kappa shape index (κ1) is 19.1. The zero-order valence-corrected chi connectivity index (χ0v) is 17.4. The number of rotatable bonds is 3. The molecule has 2 aliphatic heterocycles. The minimum Gasteiger partial charge on any atom is -0.493 e. The fourth-order valence-corrected chi connectivity index (χ4v) is 4.11. The van der Waals surface area contributed by atoms with Crippen LogP contribution in [0.25, 0.3) is 0 Å². The SMILES string of the molecule is COc1cc2c(cc1OC)C1(CCN(c3nnc(C(C)(C)C)o3)CC1)OCC2. The summed E-state index contributed by atoms with van der Waals surface area (Å²) < 4.78 is 23.3. The molecule has 0 unspecified atom stereocenters. The maximum atomic E-state index is 6.36. The molecule has 0 radical (unpaired) electrons. The van der Waals surface area contributed by atoms with E-state index < -0.39 is 0 Å². The third-order valence-corrected chi connectivity index (χ3v) is 5.75. The summed E-state index contributed by atoms with van der Waals surface area (Å²) in [6.07, 6.45) is 2.62. The van der Waals surface area contributed by atoms with Gasteiger partial charge in [-0.3, -0.25) is 0 Å². The summed E-state index contributed by atoms with van der Waals surface area (Å²) in [7, 11) is 3.35. The highest BCUT2D eigenvalue weighted by atomic mass is 16.5. The summed E-state index contributed by atoms with van der Waals surface area (Å²) in [6.45, 7) is 8.55. The van der Waals surface area contributed by atoms with Crippen LogP contribution in [0.1, 0.15) is 50.6 Å². The van der Waals surface area contributed by atoms with Crippen molar-refractivity contribution in [2.75, 3.05) is 38.8 Å². The number of hydrogen-bond acceptors (Lipinski definition) is 7. The van der Waals surface area contributed by atoms with Gasteiger partial charge in [0, 0.05) is 18.5 Å². The van der Waals surface area contributed by atoms with E-state index in [9.17, 15) is 0 Å². The van der Waals surface area contributed by atoms with E-state index in [2.05, 4.69) is 48.0 Å². The zero-order chi connectivity index (χ0) is 19.9. The van der Waals surface area contributed by atoms with Gasteiger partial charge in [-0.1, -0.05) is 25.9 Å². The minimum atomic E-state index is -0.295. The van der Waals surface area contributed by atoms with Crippen LogP contribution in [0.4, 0.5) is 6.01 Å². The van der Waals surface area contributed by atoms with Gasteiger partial charge in [-0.15, -0.1) is 5.10 Å². The average molecular weight is 387 g/mol. The molecule has 1 fully saturated rings. The quantitative estimate of drug-likeness (QED) is 0.799. The van der Waals surface area contributed by atoms with Gasteiger partial charge in [0.15, 0.2) is 11.5 Å². The van der Waals surface area contributed by atoms with Crippen molar-refractivity contribution in [1.29, 1.82) is 0 Å². The van der Waals surface area contributed by atoms with E-state index in [4.69, 9.17) is 18.6 Å². The van der Waals surface area contributed by atoms with Crippen LogP contribution in [0.2, 0.25) is 0 Å². The maximum absolute atomic E-state index is 6.36. The summed E-state index contributed by atoms with van der Waals surface area (Å²) in [6, 6.07) is 4.79. The van der Waals surface area contributed by atoms with Gasteiger partial charge in [0.1, 0.15) is 0 Å². The second-order valence-corrected chi connectivity index (χ2v) is 8.58. The molecule has 1 spiro atoms. The Balaban J connectivity index is 1.57. The summed E-state index contributed by atoms with van der Waals surface area (Å²) >= 11 is 0. The summed E-state index contributed by atoms with van der Waals surface area (Å²) in [5.41, 5.74) is 2.06. The fraction of sp³-hybridized carbons (Fsp3) is 0.619. The standard InChI is InChI=1S/C21H29N3O4/c1-20(2,3)18-22-23-19(28-18)24-9-7-21(8-10-24)15-13-17(26-5)16(25-4)12-14(15)6-11-27-21/h12-13H,6-11H2,1-5H3. The van der Waals surface area contributed by atoms with Gasteiger partial charge in [-0.2, -0.15) is 0 Å². The van der Waals surface area contributed by atoms with Crippen molar-refractivity contribution in [3.8, 4) is 11.5 Å². The molecule has 0 bridgehead atoms. The highest BCUT2D eigenvalue weighted by Crippen LogP contribution is 2.45. The Labute approximate surface area is 166 Å². The summed E-state index contributed by atoms with van der Waals surface area (Å²) in [4.78, 5) is 2.16. The number of anilines is 1. The molecule has 0 amide bonds. The van der Waals surface area contributed by atoms with Crippen molar-refractivity contribution in [2.45, 2.75) is 51.0 Å². The molecular weight excluding hydrogens is 358 g/mol. The molecule has 4 rings (SSSR count). The lowest BCUT2D eigenvalue weighted by molar-refractivity contribution is -0.0771. The molecule has 0 atom stereocenters. The number of benzene rings is 1. The maximum Gasteiger partial charge on any atom is 0.318 e. The molecule has 1 aromatic heterocycles. The van der Waals surface area contributed by atoms with Gasteiger partial charge < -0.3 is 23.5 Å². The highest BCUT2D eigenvalue weighted by Gasteiger charge is 2.42. The summed E-state index contributed by atoms with van der Waals surface area (Å²) in [5.74, 6) is 2.19. The van der Waals surface area contributed by atoms with Crippen LogP contribution in [0.5, 0.6) is 11.5 Å². The lowest BCUT2D eigenvalue weighted by Crippen LogP contribution is -2.46. The predicted octanol–water partition coefficient (Wildman–Crippen LogP) is 3.45.